The lowest BCUT2D eigenvalue weighted by Crippen LogP contribution is -2.39. The number of rotatable bonds is 6. The second kappa shape index (κ2) is 9.12. The van der Waals surface area contributed by atoms with Crippen molar-refractivity contribution in [2.75, 3.05) is 17.1 Å². The summed E-state index contributed by atoms with van der Waals surface area (Å²) in [5.41, 5.74) is 2.80. The first kappa shape index (κ1) is 21.8. The smallest absolute Gasteiger partial charge is 0.260 e. The average Bonchev–Trinajstić information content (AvgIpc) is 2.53. The number of carbonyl (C=O) groups excluding carboxylic acids is 1. The topological polar surface area (TPSA) is 78.8 Å². The molecule has 1 N–H and O–H groups in total. The summed E-state index contributed by atoms with van der Waals surface area (Å²) < 4.78 is 25.0. The zero-order valence-electron chi connectivity index (χ0n) is 13.8. The van der Waals surface area contributed by atoms with E-state index in [4.69, 9.17) is 46.4 Å². The van der Waals surface area contributed by atoms with Gasteiger partial charge in [-0.25, -0.2) is 13.8 Å². The number of nitrogens with zero attached hydrogens (tertiary/aromatic N) is 2. The molecule has 0 bridgehead atoms. The van der Waals surface area contributed by atoms with Crippen LogP contribution in [-0.2, 0) is 14.8 Å². The van der Waals surface area contributed by atoms with Crippen LogP contribution in [0.25, 0.3) is 0 Å². The van der Waals surface area contributed by atoms with E-state index in [-0.39, 0.29) is 15.7 Å². The Balaban J connectivity index is 2.16. The van der Waals surface area contributed by atoms with Gasteiger partial charge in [0.15, 0.2) is 0 Å². The summed E-state index contributed by atoms with van der Waals surface area (Å²) in [6, 6.07) is 9.12. The molecule has 0 aromatic heterocycles. The van der Waals surface area contributed by atoms with Crippen molar-refractivity contribution in [3.63, 3.8) is 0 Å². The lowest BCUT2D eigenvalue weighted by Gasteiger charge is -2.21. The summed E-state index contributed by atoms with van der Waals surface area (Å²) >= 11 is 23.8. The molecule has 0 aliphatic carbocycles. The highest BCUT2D eigenvalue weighted by Gasteiger charge is 2.21. The predicted octanol–water partition coefficient (Wildman–Crippen LogP) is 4.22. The van der Waals surface area contributed by atoms with Gasteiger partial charge in [-0.2, -0.15) is 5.10 Å². The molecular formula is C16H13Cl4N3O3S. The second-order valence-corrected chi connectivity index (χ2v) is 8.92. The highest BCUT2D eigenvalue weighted by molar-refractivity contribution is 7.92. The number of carbonyl (C=O) groups is 1. The molecule has 0 spiro atoms. The molecule has 0 saturated carbocycles. The number of amides is 1. The molecule has 2 aromatic carbocycles. The van der Waals surface area contributed by atoms with Gasteiger partial charge in [0.1, 0.15) is 6.54 Å². The minimum absolute atomic E-state index is 0.156. The van der Waals surface area contributed by atoms with Crippen molar-refractivity contribution in [2.45, 2.75) is 0 Å². The van der Waals surface area contributed by atoms with Crippen molar-refractivity contribution in [3.05, 3.63) is 62.1 Å². The summed E-state index contributed by atoms with van der Waals surface area (Å²) in [5, 5.41) is 4.94. The van der Waals surface area contributed by atoms with E-state index in [0.717, 1.165) is 10.6 Å². The predicted molar refractivity (Wildman–Crippen MR) is 111 cm³/mol. The Bertz CT molecular complexity index is 956. The van der Waals surface area contributed by atoms with Crippen LogP contribution in [0.5, 0.6) is 0 Å². The zero-order valence-corrected chi connectivity index (χ0v) is 17.6. The molecule has 0 aliphatic rings. The Morgan fingerprint density at radius 3 is 2.19 bits per heavy atom. The number of halogens is 4. The third-order valence-electron chi connectivity index (χ3n) is 3.21. The van der Waals surface area contributed by atoms with Crippen molar-refractivity contribution in [2.24, 2.45) is 5.10 Å². The van der Waals surface area contributed by atoms with E-state index >= 15 is 0 Å². The lowest BCUT2D eigenvalue weighted by molar-refractivity contribution is -0.119. The first-order chi connectivity index (χ1) is 12.6. The summed E-state index contributed by atoms with van der Waals surface area (Å²) in [6.45, 7) is -0.525. The van der Waals surface area contributed by atoms with Crippen LogP contribution < -0.4 is 9.73 Å². The number of nitrogens with one attached hydrogen (secondary N) is 1. The normalized spacial score (nSPS) is 11.6. The molecule has 27 heavy (non-hydrogen) atoms. The first-order valence-electron chi connectivity index (χ1n) is 7.27. The Morgan fingerprint density at radius 1 is 1.11 bits per heavy atom. The molecule has 2 aromatic rings. The van der Waals surface area contributed by atoms with E-state index in [9.17, 15) is 13.2 Å². The van der Waals surface area contributed by atoms with E-state index in [0.29, 0.717) is 15.6 Å². The van der Waals surface area contributed by atoms with E-state index in [1.165, 1.54) is 24.4 Å². The highest BCUT2D eigenvalue weighted by Crippen LogP contribution is 2.27. The van der Waals surface area contributed by atoms with Gasteiger partial charge in [0, 0.05) is 15.6 Å². The third-order valence-corrected chi connectivity index (χ3v) is 5.44. The number of hydrogen-bond acceptors (Lipinski definition) is 4. The van der Waals surface area contributed by atoms with Crippen LogP contribution in [0.4, 0.5) is 5.69 Å². The molecule has 6 nitrogen and oxygen atoms in total. The molecule has 0 unspecified atom stereocenters. The number of anilines is 1. The minimum Gasteiger partial charge on any atom is -0.271 e. The van der Waals surface area contributed by atoms with Gasteiger partial charge < -0.3 is 0 Å². The van der Waals surface area contributed by atoms with Gasteiger partial charge in [-0.05, 0) is 30.3 Å². The molecule has 11 heteroatoms. The zero-order chi connectivity index (χ0) is 20.2. The fourth-order valence-electron chi connectivity index (χ4n) is 2.05. The summed E-state index contributed by atoms with van der Waals surface area (Å²) in [5.74, 6) is -0.684. The van der Waals surface area contributed by atoms with Gasteiger partial charge in [-0.3, -0.25) is 9.10 Å². The Labute approximate surface area is 176 Å². The molecule has 0 heterocycles. The van der Waals surface area contributed by atoms with Crippen LogP contribution in [0.2, 0.25) is 20.1 Å². The van der Waals surface area contributed by atoms with Crippen LogP contribution in [0.3, 0.4) is 0 Å². The van der Waals surface area contributed by atoms with E-state index in [1.807, 2.05) is 0 Å². The van der Waals surface area contributed by atoms with Crippen LogP contribution in [0.1, 0.15) is 5.56 Å². The third kappa shape index (κ3) is 6.26. The Kier molecular flexibility index (Phi) is 7.36. The van der Waals surface area contributed by atoms with Gasteiger partial charge in [0.05, 0.1) is 28.2 Å². The van der Waals surface area contributed by atoms with Crippen LogP contribution in [-0.4, -0.2) is 33.3 Å². The van der Waals surface area contributed by atoms with Crippen LogP contribution in [0.15, 0.2) is 41.5 Å². The largest absolute Gasteiger partial charge is 0.271 e. The van der Waals surface area contributed by atoms with Crippen molar-refractivity contribution in [1.29, 1.82) is 0 Å². The molecule has 0 fully saturated rings. The monoisotopic (exact) mass is 467 g/mol. The molecule has 0 atom stereocenters. The lowest BCUT2D eigenvalue weighted by atomic mass is 10.2. The van der Waals surface area contributed by atoms with Crippen molar-refractivity contribution in [1.82, 2.24) is 5.43 Å². The highest BCUT2D eigenvalue weighted by atomic mass is 35.5. The number of hydrogen-bond donors (Lipinski definition) is 1. The Hall–Kier alpha value is -1.51. The molecular weight excluding hydrogens is 456 g/mol. The van der Waals surface area contributed by atoms with E-state index in [2.05, 4.69) is 10.5 Å². The Morgan fingerprint density at radius 2 is 1.67 bits per heavy atom. The van der Waals surface area contributed by atoms with Crippen molar-refractivity contribution < 1.29 is 13.2 Å². The number of hydrazone groups is 1. The molecule has 2 rings (SSSR count). The molecule has 0 radical (unpaired) electrons. The fraction of sp³-hybridized carbons (Fsp3) is 0.125. The van der Waals surface area contributed by atoms with E-state index < -0.39 is 22.5 Å². The van der Waals surface area contributed by atoms with Crippen molar-refractivity contribution in [3.8, 4) is 0 Å². The summed E-state index contributed by atoms with van der Waals surface area (Å²) in [4.78, 5) is 12.1. The average molecular weight is 469 g/mol. The maximum absolute atomic E-state index is 12.1. The number of sulfonamides is 1. The van der Waals surface area contributed by atoms with Gasteiger partial charge in [-0.15, -0.1) is 0 Å². The molecule has 144 valence electrons. The van der Waals surface area contributed by atoms with Gasteiger partial charge in [0.25, 0.3) is 5.91 Å². The molecule has 1 amide bonds. The maximum Gasteiger partial charge on any atom is 0.260 e. The van der Waals surface area contributed by atoms with E-state index in [1.54, 1.807) is 18.2 Å². The maximum atomic E-state index is 12.1. The van der Waals surface area contributed by atoms with Gasteiger partial charge in [0.2, 0.25) is 10.0 Å². The summed E-state index contributed by atoms with van der Waals surface area (Å²) in [6.07, 6.45) is 2.23. The minimum atomic E-state index is -3.78. The molecule has 0 aliphatic heterocycles. The number of benzene rings is 2. The SMILES string of the molecule is CS(=O)(=O)N(CC(=O)N/N=C\c1c(Cl)cccc1Cl)c1cc(Cl)cc(Cl)c1. The van der Waals surface area contributed by atoms with Crippen molar-refractivity contribution >= 4 is 74.2 Å². The first-order valence-corrected chi connectivity index (χ1v) is 10.6. The standard InChI is InChI=1S/C16H13Cl4N3O3S/c1-27(25,26)23(12-6-10(17)5-11(18)7-12)9-16(24)22-21-8-13-14(19)3-2-4-15(13)20/h2-8H,9H2,1H3,(H,22,24)/b21-8-. The van der Waals surface area contributed by atoms with Crippen LogP contribution >= 0.6 is 46.4 Å². The van der Waals surface area contributed by atoms with Gasteiger partial charge in [-0.1, -0.05) is 52.5 Å². The summed E-state index contributed by atoms with van der Waals surface area (Å²) in [7, 11) is -3.78. The quantitative estimate of drug-likeness (QED) is 0.509. The van der Waals surface area contributed by atoms with Crippen LogP contribution in [0, 0.1) is 0 Å². The molecule has 0 saturated heterocycles. The van der Waals surface area contributed by atoms with Gasteiger partial charge >= 0.3 is 0 Å². The fourth-order valence-corrected chi connectivity index (χ4v) is 3.90. The second-order valence-electron chi connectivity index (χ2n) is 5.33.